The first kappa shape index (κ1) is 24.0. The number of aromatic nitrogens is 1. The number of hydrogen-bond donors (Lipinski definition) is 0. The molecule has 0 spiro atoms. The third kappa shape index (κ3) is 6.68. The molecule has 3 aromatic rings. The normalized spacial score (nSPS) is 12.2. The number of rotatable bonds is 8. The minimum atomic E-state index is -1.17. The van der Waals surface area contributed by atoms with Crippen LogP contribution >= 0.6 is 0 Å². The lowest BCUT2D eigenvalue weighted by molar-refractivity contribution is -0.158. The first-order chi connectivity index (χ1) is 15.7. The molecule has 33 heavy (non-hydrogen) atoms. The summed E-state index contributed by atoms with van der Waals surface area (Å²) in [5, 5.41) is 0. The average molecular weight is 453 g/mol. The van der Waals surface area contributed by atoms with Gasteiger partial charge in [0.2, 0.25) is 5.88 Å². The lowest BCUT2D eigenvalue weighted by Crippen LogP contribution is -2.34. The number of benzene rings is 2. The molecule has 172 valence electrons. The molecule has 1 heterocycles. The summed E-state index contributed by atoms with van der Waals surface area (Å²) in [5.74, 6) is -2.51. The van der Waals surface area contributed by atoms with E-state index in [2.05, 4.69) is 4.98 Å². The van der Waals surface area contributed by atoms with Crippen LogP contribution in [0.25, 0.3) is 0 Å². The fourth-order valence-corrected chi connectivity index (χ4v) is 3.12. The molecule has 2 aromatic carbocycles. The van der Waals surface area contributed by atoms with E-state index < -0.39 is 35.8 Å². The van der Waals surface area contributed by atoms with Crippen LogP contribution in [0.1, 0.15) is 42.3 Å². The standard InChI is InChI=1S/C26H25F2NO4/c1-26(2,3)33-25(31)22(15-17-6-8-18(16-27)9-7-17)23(30)21-5-4-14-29-24(21)32-20-12-10-19(28)11-13-20/h4-14,22H,15-16H2,1-3H3. The third-order valence-corrected chi connectivity index (χ3v) is 4.69. The van der Waals surface area contributed by atoms with Crippen molar-refractivity contribution in [3.8, 4) is 11.6 Å². The Morgan fingerprint density at radius 1 is 0.970 bits per heavy atom. The average Bonchev–Trinajstić information content (AvgIpc) is 2.78. The van der Waals surface area contributed by atoms with Gasteiger partial charge >= 0.3 is 5.97 Å². The maximum absolute atomic E-state index is 13.5. The molecule has 7 heteroatoms. The van der Waals surface area contributed by atoms with Gasteiger partial charge in [-0.2, -0.15) is 0 Å². The van der Waals surface area contributed by atoms with E-state index in [0.29, 0.717) is 16.9 Å². The lowest BCUT2D eigenvalue weighted by atomic mass is 9.91. The second-order valence-electron chi connectivity index (χ2n) is 8.52. The van der Waals surface area contributed by atoms with Gasteiger partial charge in [0.25, 0.3) is 0 Å². The van der Waals surface area contributed by atoms with Gasteiger partial charge in [0.1, 0.15) is 29.8 Å². The van der Waals surface area contributed by atoms with Crippen molar-refractivity contribution in [2.24, 2.45) is 5.92 Å². The SMILES string of the molecule is CC(C)(C)OC(=O)C(Cc1ccc(CF)cc1)C(=O)c1cccnc1Oc1ccc(F)cc1. The summed E-state index contributed by atoms with van der Waals surface area (Å²) in [4.78, 5) is 30.7. The highest BCUT2D eigenvalue weighted by atomic mass is 19.1. The van der Waals surface area contributed by atoms with Gasteiger partial charge in [0.05, 0.1) is 5.56 Å². The number of nitrogens with zero attached hydrogens (tertiary/aromatic N) is 1. The van der Waals surface area contributed by atoms with E-state index in [9.17, 15) is 18.4 Å². The van der Waals surface area contributed by atoms with Crippen molar-refractivity contribution in [2.45, 2.75) is 39.5 Å². The van der Waals surface area contributed by atoms with E-state index in [0.717, 1.165) is 0 Å². The number of esters is 1. The van der Waals surface area contributed by atoms with Crippen molar-refractivity contribution >= 4 is 11.8 Å². The molecular formula is C26H25F2NO4. The molecule has 3 rings (SSSR count). The first-order valence-corrected chi connectivity index (χ1v) is 10.5. The number of hydrogen-bond acceptors (Lipinski definition) is 5. The second-order valence-corrected chi connectivity index (χ2v) is 8.52. The maximum atomic E-state index is 13.5. The molecule has 1 aromatic heterocycles. The van der Waals surface area contributed by atoms with Gasteiger partial charge in [-0.25, -0.2) is 13.8 Å². The van der Waals surface area contributed by atoms with Gasteiger partial charge in [-0.05, 0) is 74.7 Å². The second kappa shape index (κ2) is 10.3. The van der Waals surface area contributed by atoms with Crippen LogP contribution in [0.5, 0.6) is 11.6 Å². The van der Waals surface area contributed by atoms with Crippen LogP contribution in [-0.4, -0.2) is 22.3 Å². The van der Waals surface area contributed by atoms with E-state index in [-0.39, 0.29) is 17.9 Å². The molecule has 0 bridgehead atoms. The Morgan fingerprint density at radius 3 is 2.21 bits per heavy atom. The fraction of sp³-hybridized carbons (Fsp3) is 0.269. The van der Waals surface area contributed by atoms with Crippen molar-refractivity contribution in [3.63, 3.8) is 0 Å². The predicted octanol–water partition coefficient (Wildman–Crippen LogP) is 5.87. The van der Waals surface area contributed by atoms with E-state index in [4.69, 9.17) is 9.47 Å². The number of halogens is 2. The molecule has 0 saturated heterocycles. The van der Waals surface area contributed by atoms with Gasteiger partial charge in [-0.1, -0.05) is 24.3 Å². The van der Waals surface area contributed by atoms with Crippen LogP contribution in [0.4, 0.5) is 8.78 Å². The highest BCUT2D eigenvalue weighted by molar-refractivity contribution is 6.10. The summed E-state index contributed by atoms with van der Waals surface area (Å²) in [6.45, 7) is 4.55. The molecule has 0 fully saturated rings. The van der Waals surface area contributed by atoms with Crippen LogP contribution in [0.2, 0.25) is 0 Å². The molecule has 0 saturated carbocycles. The summed E-state index contributed by atoms with van der Waals surface area (Å²) in [6, 6.07) is 14.9. The molecule has 0 amide bonds. The molecule has 0 radical (unpaired) electrons. The van der Waals surface area contributed by atoms with Crippen molar-refractivity contribution < 1.29 is 27.8 Å². The smallest absolute Gasteiger partial charge is 0.317 e. The van der Waals surface area contributed by atoms with Crippen molar-refractivity contribution in [3.05, 3.63) is 89.4 Å². The van der Waals surface area contributed by atoms with Crippen molar-refractivity contribution in [2.75, 3.05) is 0 Å². The minimum Gasteiger partial charge on any atom is -0.459 e. The lowest BCUT2D eigenvalue weighted by Gasteiger charge is -2.24. The Bertz CT molecular complexity index is 1110. The number of pyridine rings is 1. The summed E-state index contributed by atoms with van der Waals surface area (Å²) < 4.78 is 37.3. The van der Waals surface area contributed by atoms with Crippen molar-refractivity contribution in [1.29, 1.82) is 0 Å². The van der Waals surface area contributed by atoms with E-state index in [1.807, 2.05) is 0 Å². The van der Waals surface area contributed by atoms with Crippen LogP contribution in [0.15, 0.2) is 66.9 Å². The maximum Gasteiger partial charge on any atom is 0.317 e. The fourth-order valence-electron chi connectivity index (χ4n) is 3.12. The summed E-state index contributed by atoms with van der Waals surface area (Å²) in [7, 11) is 0. The predicted molar refractivity (Wildman–Crippen MR) is 119 cm³/mol. The largest absolute Gasteiger partial charge is 0.459 e. The van der Waals surface area contributed by atoms with E-state index >= 15 is 0 Å². The molecule has 0 aliphatic carbocycles. The summed E-state index contributed by atoms with van der Waals surface area (Å²) in [6.07, 6.45) is 1.51. The van der Waals surface area contributed by atoms with Crippen LogP contribution in [0, 0.1) is 11.7 Å². The zero-order valence-corrected chi connectivity index (χ0v) is 18.7. The monoisotopic (exact) mass is 453 g/mol. The molecule has 0 aliphatic heterocycles. The number of Topliss-reactive ketones (excluding diaryl/α,β-unsaturated/α-hetero) is 1. The number of carbonyl (C=O) groups is 2. The Hall–Kier alpha value is -3.61. The summed E-state index contributed by atoms with van der Waals surface area (Å²) >= 11 is 0. The van der Waals surface area contributed by atoms with Gasteiger partial charge in [-0.15, -0.1) is 0 Å². The molecule has 1 unspecified atom stereocenters. The van der Waals surface area contributed by atoms with Crippen molar-refractivity contribution in [1.82, 2.24) is 4.98 Å². The van der Waals surface area contributed by atoms with E-state index in [1.165, 1.54) is 36.5 Å². The molecule has 0 aliphatic rings. The van der Waals surface area contributed by atoms with Gasteiger partial charge in [0.15, 0.2) is 5.78 Å². The van der Waals surface area contributed by atoms with Gasteiger partial charge in [0, 0.05) is 6.20 Å². The van der Waals surface area contributed by atoms with Crippen LogP contribution in [0.3, 0.4) is 0 Å². The number of ether oxygens (including phenoxy) is 2. The Balaban J connectivity index is 1.93. The zero-order valence-electron chi connectivity index (χ0n) is 18.7. The quantitative estimate of drug-likeness (QED) is 0.243. The number of alkyl halides is 1. The molecule has 5 nitrogen and oxygen atoms in total. The molecular weight excluding hydrogens is 428 g/mol. The highest BCUT2D eigenvalue weighted by Crippen LogP contribution is 2.27. The first-order valence-electron chi connectivity index (χ1n) is 10.5. The summed E-state index contributed by atoms with van der Waals surface area (Å²) in [5.41, 5.74) is 0.483. The van der Waals surface area contributed by atoms with Gasteiger partial charge < -0.3 is 9.47 Å². The Labute approximate surface area is 191 Å². The van der Waals surface area contributed by atoms with Gasteiger partial charge in [-0.3, -0.25) is 9.59 Å². The molecule has 1 atom stereocenters. The zero-order chi connectivity index (χ0) is 24.0. The number of ketones is 1. The highest BCUT2D eigenvalue weighted by Gasteiger charge is 2.34. The number of carbonyl (C=O) groups excluding carboxylic acids is 2. The Kier molecular flexibility index (Phi) is 7.53. The van der Waals surface area contributed by atoms with Crippen LogP contribution < -0.4 is 4.74 Å². The van der Waals surface area contributed by atoms with Crippen LogP contribution in [-0.2, 0) is 22.6 Å². The van der Waals surface area contributed by atoms with E-state index in [1.54, 1.807) is 51.1 Å². The topological polar surface area (TPSA) is 65.5 Å². The third-order valence-electron chi connectivity index (χ3n) is 4.69. The minimum absolute atomic E-state index is 0.00422. The Morgan fingerprint density at radius 2 is 1.61 bits per heavy atom. The molecule has 0 N–H and O–H groups in total.